The number of rotatable bonds is 8. The number of anilines is 1. The van der Waals surface area contributed by atoms with E-state index in [1.165, 1.54) is 12.1 Å². The van der Waals surface area contributed by atoms with Crippen molar-refractivity contribution in [1.29, 1.82) is 0 Å². The zero-order chi connectivity index (χ0) is 20.8. The lowest BCUT2D eigenvalue weighted by molar-refractivity contribution is 0.269. The minimum Gasteiger partial charge on any atom is -0.490 e. The zero-order valence-corrected chi connectivity index (χ0v) is 19.6. The molecule has 29 heavy (non-hydrogen) atoms. The summed E-state index contributed by atoms with van der Waals surface area (Å²) in [5.41, 5.74) is 2.75. The van der Waals surface area contributed by atoms with Crippen LogP contribution >= 0.6 is 43.5 Å². The van der Waals surface area contributed by atoms with Crippen LogP contribution in [-0.4, -0.2) is 6.61 Å². The van der Waals surface area contributed by atoms with Gasteiger partial charge in [-0.1, -0.05) is 49.5 Å². The lowest BCUT2D eigenvalue weighted by Crippen LogP contribution is -2.04. The SMILES string of the molecule is CCOc1cc(CNc2ccc(Br)cc2)c(Br)cc1OCc1ccc(F)cc1Cl. The van der Waals surface area contributed by atoms with Gasteiger partial charge in [0.1, 0.15) is 12.4 Å². The lowest BCUT2D eigenvalue weighted by atomic mass is 10.2. The molecule has 3 aromatic rings. The van der Waals surface area contributed by atoms with E-state index in [2.05, 4.69) is 37.2 Å². The van der Waals surface area contributed by atoms with Crippen LogP contribution in [-0.2, 0) is 13.2 Å². The molecule has 0 aromatic heterocycles. The molecule has 0 bridgehead atoms. The molecule has 0 amide bonds. The number of ether oxygens (including phenoxy) is 2. The molecule has 0 saturated carbocycles. The molecule has 3 rings (SSSR count). The highest BCUT2D eigenvalue weighted by Gasteiger charge is 2.12. The maximum absolute atomic E-state index is 13.2. The number of halogens is 4. The number of nitrogens with one attached hydrogen (secondary N) is 1. The van der Waals surface area contributed by atoms with E-state index >= 15 is 0 Å². The second-order valence-electron chi connectivity index (χ2n) is 6.21. The van der Waals surface area contributed by atoms with E-state index in [-0.39, 0.29) is 12.4 Å². The Kier molecular flexibility index (Phi) is 7.81. The average Bonchev–Trinajstić information content (AvgIpc) is 2.69. The first kappa shape index (κ1) is 21.9. The van der Waals surface area contributed by atoms with Crippen LogP contribution in [0.4, 0.5) is 10.1 Å². The summed E-state index contributed by atoms with van der Waals surface area (Å²) in [7, 11) is 0. The maximum Gasteiger partial charge on any atom is 0.162 e. The van der Waals surface area contributed by atoms with Gasteiger partial charge in [0.05, 0.1) is 11.6 Å². The van der Waals surface area contributed by atoms with E-state index in [1.54, 1.807) is 6.07 Å². The fourth-order valence-corrected chi connectivity index (χ4v) is 3.60. The molecule has 0 fully saturated rings. The Morgan fingerprint density at radius 2 is 1.66 bits per heavy atom. The largest absolute Gasteiger partial charge is 0.490 e. The third-order valence-corrected chi connectivity index (χ3v) is 5.76. The molecule has 0 aliphatic rings. The Labute approximate surface area is 191 Å². The van der Waals surface area contributed by atoms with E-state index in [0.717, 1.165) is 20.2 Å². The predicted molar refractivity (Wildman–Crippen MR) is 123 cm³/mol. The summed E-state index contributed by atoms with van der Waals surface area (Å²) in [5.74, 6) is 0.854. The van der Waals surface area contributed by atoms with Crippen molar-refractivity contribution in [3.8, 4) is 11.5 Å². The Morgan fingerprint density at radius 1 is 0.931 bits per heavy atom. The summed E-state index contributed by atoms with van der Waals surface area (Å²) >= 11 is 13.1. The van der Waals surface area contributed by atoms with E-state index < -0.39 is 0 Å². The summed E-state index contributed by atoms with van der Waals surface area (Å²) in [5, 5.41) is 3.72. The molecule has 7 heteroatoms. The van der Waals surface area contributed by atoms with Crippen molar-refractivity contribution >= 4 is 49.1 Å². The highest BCUT2D eigenvalue weighted by molar-refractivity contribution is 9.10. The molecule has 0 aliphatic heterocycles. The minimum atomic E-state index is -0.376. The standard InChI is InChI=1S/C22H19Br2ClFNO2/c1-2-28-21-9-15(12-27-18-7-4-16(23)5-8-18)19(24)11-22(21)29-13-14-3-6-17(26)10-20(14)25/h3-11,27H,2,12-13H2,1H3. The van der Waals surface area contributed by atoms with Crippen LogP contribution in [0.25, 0.3) is 0 Å². The molecule has 3 aromatic carbocycles. The fourth-order valence-electron chi connectivity index (χ4n) is 2.65. The summed E-state index contributed by atoms with van der Waals surface area (Å²) in [6, 6.07) is 16.1. The van der Waals surface area contributed by atoms with E-state index in [0.29, 0.717) is 35.2 Å². The van der Waals surface area contributed by atoms with Gasteiger partial charge in [0.2, 0.25) is 0 Å². The average molecular weight is 544 g/mol. The van der Waals surface area contributed by atoms with Crippen molar-refractivity contribution in [3.05, 3.63) is 85.5 Å². The number of benzene rings is 3. The predicted octanol–water partition coefficient (Wildman–Crippen LogP) is 7.59. The van der Waals surface area contributed by atoms with Crippen LogP contribution < -0.4 is 14.8 Å². The van der Waals surface area contributed by atoms with Crippen molar-refractivity contribution in [2.75, 3.05) is 11.9 Å². The molecular formula is C22H19Br2ClFNO2. The fraction of sp³-hybridized carbons (Fsp3) is 0.182. The van der Waals surface area contributed by atoms with Gasteiger partial charge in [-0.2, -0.15) is 0 Å². The molecule has 0 aliphatic carbocycles. The van der Waals surface area contributed by atoms with Gasteiger partial charge in [0.25, 0.3) is 0 Å². The van der Waals surface area contributed by atoms with Crippen molar-refractivity contribution in [2.24, 2.45) is 0 Å². The van der Waals surface area contributed by atoms with E-state index in [4.69, 9.17) is 21.1 Å². The first-order chi connectivity index (χ1) is 14.0. The normalized spacial score (nSPS) is 10.7. The van der Waals surface area contributed by atoms with Crippen LogP contribution in [0.2, 0.25) is 5.02 Å². The van der Waals surface area contributed by atoms with Gasteiger partial charge >= 0.3 is 0 Å². The highest BCUT2D eigenvalue weighted by atomic mass is 79.9. The first-order valence-corrected chi connectivity index (χ1v) is 10.9. The van der Waals surface area contributed by atoms with E-state index in [9.17, 15) is 4.39 Å². The third kappa shape index (κ3) is 6.11. The Balaban J connectivity index is 1.75. The van der Waals surface area contributed by atoms with Gasteiger partial charge in [-0.3, -0.25) is 0 Å². The van der Waals surface area contributed by atoms with Crippen LogP contribution in [0.1, 0.15) is 18.1 Å². The monoisotopic (exact) mass is 541 g/mol. The topological polar surface area (TPSA) is 30.5 Å². The second kappa shape index (κ2) is 10.3. The quantitative estimate of drug-likeness (QED) is 0.318. The molecule has 0 radical (unpaired) electrons. The van der Waals surface area contributed by atoms with Gasteiger partial charge < -0.3 is 14.8 Å². The zero-order valence-electron chi connectivity index (χ0n) is 15.6. The first-order valence-electron chi connectivity index (χ1n) is 8.97. The molecule has 0 unspecified atom stereocenters. The Morgan fingerprint density at radius 3 is 2.34 bits per heavy atom. The molecule has 0 saturated heterocycles. The van der Waals surface area contributed by atoms with Crippen molar-refractivity contribution in [1.82, 2.24) is 0 Å². The number of hydrogen-bond donors (Lipinski definition) is 1. The van der Waals surface area contributed by atoms with Crippen molar-refractivity contribution in [2.45, 2.75) is 20.1 Å². The highest BCUT2D eigenvalue weighted by Crippen LogP contribution is 2.35. The molecule has 1 N–H and O–H groups in total. The Hall–Kier alpha value is -1.76. The second-order valence-corrected chi connectivity index (χ2v) is 8.39. The molecule has 152 valence electrons. The summed E-state index contributed by atoms with van der Waals surface area (Å²) in [6.07, 6.45) is 0. The van der Waals surface area contributed by atoms with Crippen molar-refractivity contribution in [3.63, 3.8) is 0 Å². The van der Waals surface area contributed by atoms with Gasteiger partial charge in [-0.15, -0.1) is 0 Å². The third-order valence-electron chi connectivity index (χ3n) is 4.14. The van der Waals surface area contributed by atoms with Crippen LogP contribution in [0.15, 0.2) is 63.5 Å². The molecule has 0 heterocycles. The van der Waals surface area contributed by atoms with Gasteiger partial charge in [-0.25, -0.2) is 4.39 Å². The number of hydrogen-bond acceptors (Lipinski definition) is 3. The van der Waals surface area contributed by atoms with E-state index in [1.807, 2.05) is 43.3 Å². The molecule has 0 atom stereocenters. The lowest BCUT2D eigenvalue weighted by Gasteiger charge is -2.16. The Bertz CT molecular complexity index is 983. The van der Waals surface area contributed by atoms with Gasteiger partial charge in [-0.05, 0) is 61.0 Å². The minimum absolute atomic E-state index is 0.210. The van der Waals surface area contributed by atoms with Crippen LogP contribution in [0, 0.1) is 5.82 Å². The van der Waals surface area contributed by atoms with Crippen LogP contribution in [0.5, 0.6) is 11.5 Å². The van der Waals surface area contributed by atoms with Gasteiger partial charge in [0.15, 0.2) is 11.5 Å². The van der Waals surface area contributed by atoms with Crippen LogP contribution in [0.3, 0.4) is 0 Å². The molecule has 3 nitrogen and oxygen atoms in total. The molecule has 0 spiro atoms. The summed E-state index contributed by atoms with van der Waals surface area (Å²) in [6.45, 7) is 3.26. The molecular weight excluding hydrogens is 525 g/mol. The van der Waals surface area contributed by atoms with Crippen molar-refractivity contribution < 1.29 is 13.9 Å². The maximum atomic E-state index is 13.2. The summed E-state index contributed by atoms with van der Waals surface area (Å²) in [4.78, 5) is 0. The van der Waals surface area contributed by atoms with Gasteiger partial charge in [0, 0.05) is 26.7 Å². The smallest absolute Gasteiger partial charge is 0.162 e. The summed E-state index contributed by atoms with van der Waals surface area (Å²) < 4.78 is 26.8.